The molecule has 0 aliphatic carbocycles. The molecule has 2 rings (SSSR count). The monoisotopic (exact) mass is 219 g/mol. The van der Waals surface area contributed by atoms with Gasteiger partial charge in [-0.15, -0.1) is 0 Å². The molecule has 0 spiro atoms. The molecule has 1 aliphatic rings. The van der Waals surface area contributed by atoms with Crippen molar-refractivity contribution >= 4 is 5.91 Å². The molecule has 3 nitrogen and oxygen atoms in total. The summed E-state index contributed by atoms with van der Waals surface area (Å²) in [5.74, 6) is 0.134. The highest BCUT2D eigenvalue weighted by molar-refractivity contribution is 5.79. The molecule has 86 valence electrons. The second kappa shape index (κ2) is 4.66. The van der Waals surface area contributed by atoms with Crippen LogP contribution in [0.1, 0.15) is 18.1 Å². The molecule has 3 heteroatoms. The van der Waals surface area contributed by atoms with Crippen molar-refractivity contribution in [2.45, 2.75) is 25.9 Å². The zero-order valence-electron chi connectivity index (χ0n) is 9.92. The summed E-state index contributed by atoms with van der Waals surface area (Å²) in [6.07, 6.45) is 1.08. The lowest BCUT2D eigenvalue weighted by molar-refractivity contribution is -0.929. The summed E-state index contributed by atoms with van der Waals surface area (Å²) in [6.45, 7) is 4.01. The first kappa shape index (κ1) is 11.1. The van der Waals surface area contributed by atoms with Crippen molar-refractivity contribution < 1.29 is 9.69 Å². The van der Waals surface area contributed by atoms with E-state index < -0.39 is 0 Å². The lowest BCUT2D eigenvalue weighted by atomic mass is 9.99. The Labute approximate surface area is 96.5 Å². The van der Waals surface area contributed by atoms with Crippen molar-refractivity contribution in [2.75, 3.05) is 13.6 Å². The van der Waals surface area contributed by atoms with Crippen LogP contribution < -0.4 is 10.2 Å². The van der Waals surface area contributed by atoms with Crippen molar-refractivity contribution in [3.63, 3.8) is 0 Å². The van der Waals surface area contributed by atoms with Gasteiger partial charge in [0.25, 0.3) is 5.91 Å². The number of benzene rings is 1. The number of fused-ring (bicyclic) bond motifs is 1. The maximum atomic E-state index is 11.6. The number of carbonyl (C=O) groups is 1. The number of carbonyl (C=O) groups excluding carboxylic acids is 1. The minimum Gasteiger partial charge on any atom is -0.354 e. The minimum absolute atomic E-state index is 0.0401. The van der Waals surface area contributed by atoms with Gasteiger partial charge in [0.15, 0.2) is 6.04 Å². The van der Waals surface area contributed by atoms with Crippen LogP contribution in [0.15, 0.2) is 24.3 Å². The second-order valence-electron chi connectivity index (χ2n) is 4.44. The Hall–Kier alpha value is -1.35. The summed E-state index contributed by atoms with van der Waals surface area (Å²) in [4.78, 5) is 13.0. The summed E-state index contributed by atoms with van der Waals surface area (Å²) in [6, 6.07) is 8.57. The number of hydrogen-bond donors (Lipinski definition) is 2. The SMILES string of the molecule is CNC(=O)[C@@H](C)[NH+]1CCc2ccccc2C1. The van der Waals surface area contributed by atoms with Gasteiger partial charge in [-0.3, -0.25) is 4.79 Å². The van der Waals surface area contributed by atoms with E-state index in [0.29, 0.717) is 0 Å². The van der Waals surface area contributed by atoms with E-state index in [0.717, 1.165) is 19.5 Å². The van der Waals surface area contributed by atoms with Crippen LogP contribution in [0.4, 0.5) is 0 Å². The summed E-state index contributed by atoms with van der Waals surface area (Å²) in [7, 11) is 1.70. The summed E-state index contributed by atoms with van der Waals surface area (Å²) in [5, 5.41) is 2.73. The first-order chi connectivity index (χ1) is 7.72. The largest absolute Gasteiger partial charge is 0.354 e. The quantitative estimate of drug-likeness (QED) is 0.707. The Morgan fingerprint density at radius 1 is 1.38 bits per heavy atom. The van der Waals surface area contributed by atoms with Crippen LogP contribution in [0.25, 0.3) is 0 Å². The van der Waals surface area contributed by atoms with Crippen molar-refractivity contribution in [1.82, 2.24) is 5.32 Å². The van der Waals surface area contributed by atoms with Crippen LogP contribution in [0.2, 0.25) is 0 Å². The van der Waals surface area contributed by atoms with Crippen LogP contribution in [0.5, 0.6) is 0 Å². The summed E-state index contributed by atoms with van der Waals surface area (Å²) < 4.78 is 0. The molecule has 0 fully saturated rings. The Morgan fingerprint density at radius 2 is 2.06 bits per heavy atom. The van der Waals surface area contributed by atoms with Gasteiger partial charge >= 0.3 is 0 Å². The fourth-order valence-electron chi connectivity index (χ4n) is 2.37. The number of likely N-dealkylation sites (N-methyl/N-ethyl adjacent to an activating group) is 1. The third-order valence-electron chi connectivity index (χ3n) is 3.50. The van der Waals surface area contributed by atoms with Crippen LogP contribution in [0, 0.1) is 0 Å². The third-order valence-corrected chi connectivity index (χ3v) is 3.50. The van der Waals surface area contributed by atoms with Crippen LogP contribution in [-0.2, 0) is 17.8 Å². The van der Waals surface area contributed by atoms with Gasteiger partial charge in [-0.2, -0.15) is 0 Å². The van der Waals surface area contributed by atoms with E-state index in [2.05, 4.69) is 29.6 Å². The molecular formula is C13H19N2O+. The Balaban J connectivity index is 2.10. The maximum Gasteiger partial charge on any atom is 0.277 e. The molecule has 1 unspecified atom stereocenters. The topological polar surface area (TPSA) is 33.5 Å². The van der Waals surface area contributed by atoms with Crippen molar-refractivity contribution in [2.24, 2.45) is 0 Å². The van der Waals surface area contributed by atoms with Crippen molar-refractivity contribution in [3.05, 3.63) is 35.4 Å². The fourth-order valence-corrected chi connectivity index (χ4v) is 2.37. The van der Waals surface area contributed by atoms with E-state index in [9.17, 15) is 4.79 Å². The fraction of sp³-hybridized carbons (Fsp3) is 0.462. The van der Waals surface area contributed by atoms with Crippen LogP contribution >= 0.6 is 0 Å². The predicted octanol–water partition coefficient (Wildman–Crippen LogP) is -0.238. The summed E-state index contributed by atoms with van der Waals surface area (Å²) in [5.41, 5.74) is 2.83. The first-order valence-electron chi connectivity index (χ1n) is 5.85. The molecule has 1 aromatic rings. The van der Waals surface area contributed by atoms with Crippen molar-refractivity contribution in [3.8, 4) is 0 Å². The molecule has 16 heavy (non-hydrogen) atoms. The molecule has 1 aliphatic heterocycles. The Kier molecular flexibility index (Phi) is 3.25. The molecule has 2 atom stereocenters. The van der Waals surface area contributed by atoms with E-state index in [4.69, 9.17) is 0 Å². The van der Waals surface area contributed by atoms with E-state index in [1.165, 1.54) is 16.0 Å². The number of amides is 1. The average Bonchev–Trinajstić information content (AvgIpc) is 2.36. The zero-order chi connectivity index (χ0) is 11.5. The minimum atomic E-state index is 0.0401. The standard InChI is InChI=1S/C13H18N2O/c1-10(13(16)14-2)15-8-7-11-5-3-4-6-12(11)9-15/h3-6,10H,7-9H2,1-2H3,(H,14,16)/p+1/t10-/m1/s1. The van der Waals surface area contributed by atoms with Gasteiger partial charge in [-0.05, 0) is 12.5 Å². The summed E-state index contributed by atoms with van der Waals surface area (Å²) >= 11 is 0. The molecular weight excluding hydrogens is 200 g/mol. The highest BCUT2D eigenvalue weighted by Gasteiger charge is 2.27. The average molecular weight is 219 g/mol. The zero-order valence-corrected chi connectivity index (χ0v) is 9.92. The molecule has 0 bridgehead atoms. The van der Waals surface area contributed by atoms with Gasteiger partial charge < -0.3 is 10.2 Å². The van der Waals surface area contributed by atoms with Gasteiger partial charge in [-0.1, -0.05) is 24.3 Å². The van der Waals surface area contributed by atoms with Gasteiger partial charge in [0.1, 0.15) is 6.54 Å². The lowest BCUT2D eigenvalue weighted by Crippen LogP contribution is -3.16. The lowest BCUT2D eigenvalue weighted by Gasteiger charge is -2.29. The molecule has 0 saturated heterocycles. The smallest absolute Gasteiger partial charge is 0.277 e. The number of rotatable bonds is 2. The van der Waals surface area contributed by atoms with Gasteiger partial charge in [0.2, 0.25) is 0 Å². The molecule has 1 heterocycles. The normalized spacial score (nSPS) is 21.0. The van der Waals surface area contributed by atoms with E-state index in [-0.39, 0.29) is 11.9 Å². The Bertz CT molecular complexity index is 389. The molecule has 0 saturated carbocycles. The van der Waals surface area contributed by atoms with Crippen LogP contribution in [0.3, 0.4) is 0 Å². The van der Waals surface area contributed by atoms with E-state index in [1.54, 1.807) is 7.05 Å². The number of quaternary nitrogens is 1. The van der Waals surface area contributed by atoms with E-state index in [1.807, 2.05) is 6.92 Å². The van der Waals surface area contributed by atoms with Crippen molar-refractivity contribution in [1.29, 1.82) is 0 Å². The van der Waals surface area contributed by atoms with Gasteiger partial charge in [0, 0.05) is 19.0 Å². The van der Waals surface area contributed by atoms with E-state index >= 15 is 0 Å². The Morgan fingerprint density at radius 3 is 2.75 bits per heavy atom. The molecule has 0 aromatic heterocycles. The first-order valence-corrected chi connectivity index (χ1v) is 5.85. The highest BCUT2D eigenvalue weighted by Crippen LogP contribution is 2.10. The number of hydrogen-bond acceptors (Lipinski definition) is 1. The molecule has 2 N–H and O–H groups in total. The highest BCUT2D eigenvalue weighted by atomic mass is 16.2. The second-order valence-corrected chi connectivity index (χ2v) is 4.44. The third kappa shape index (κ3) is 2.09. The maximum absolute atomic E-state index is 11.6. The molecule has 1 aromatic carbocycles. The van der Waals surface area contributed by atoms with Crippen LogP contribution in [-0.4, -0.2) is 25.5 Å². The predicted molar refractivity (Wildman–Crippen MR) is 63.2 cm³/mol. The van der Waals surface area contributed by atoms with Gasteiger partial charge in [0.05, 0.1) is 6.54 Å². The number of nitrogens with one attached hydrogen (secondary N) is 2. The molecule has 1 amide bonds. The van der Waals surface area contributed by atoms with Gasteiger partial charge in [-0.25, -0.2) is 0 Å². The molecule has 0 radical (unpaired) electrons.